The van der Waals surface area contributed by atoms with Crippen molar-refractivity contribution in [1.82, 2.24) is 14.8 Å². The first-order valence-electron chi connectivity index (χ1n) is 7.84. The van der Waals surface area contributed by atoms with Gasteiger partial charge in [0.25, 0.3) is 0 Å². The number of rotatable bonds is 6. The molecule has 2 aromatic heterocycles. The molecule has 1 fully saturated rings. The van der Waals surface area contributed by atoms with Gasteiger partial charge in [-0.2, -0.15) is 0 Å². The van der Waals surface area contributed by atoms with Gasteiger partial charge < -0.3 is 9.52 Å². The zero-order chi connectivity index (χ0) is 15.4. The first-order chi connectivity index (χ1) is 10.8. The van der Waals surface area contributed by atoms with Crippen molar-refractivity contribution in [3.8, 4) is 10.6 Å². The molecule has 3 heterocycles. The summed E-state index contributed by atoms with van der Waals surface area (Å²) in [6.07, 6.45) is 4.43. The van der Waals surface area contributed by atoms with Crippen LogP contribution in [0.4, 0.5) is 0 Å². The summed E-state index contributed by atoms with van der Waals surface area (Å²) in [4.78, 5) is 9.53. The van der Waals surface area contributed by atoms with Crippen molar-refractivity contribution in [2.75, 3.05) is 32.8 Å². The summed E-state index contributed by atoms with van der Waals surface area (Å²) in [7, 11) is 0. The highest BCUT2D eigenvalue weighted by Crippen LogP contribution is 2.24. The Kier molecular flexibility index (Phi) is 5.25. The average Bonchev–Trinajstić information content (AvgIpc) is 3.21. The molecule has 0 aliphatic carbocycles. The van der Waals surface area contributed by atoms with Crippen molar-refractivity contribution in [3.63, 3.8) is 0 Å². The number of hydrogen-bond acceptors (Lipinski definition) is 6. The Morgan fingerprint density at radius 2 is 2.18 bits per heavy atom. The third-order valence-electron chi connectivity index (χ3n) is 4.31. The number of aliphatic hydroxyl groups is 1. The average molecular weight is 321 g/mol. The van der Waals surface area contributed by atoms with Gasteiger partial charge in [0.2, 0.25) is 0 Å². The second-order valence-electron chi connectivity index (χ2n) is 5.71. The molecule has 0 aromatic carbocycles. The predicted octanol–water partition coefficient (Wildman–Crippen LogP) is 2.29. The number of aromatic nitrogens is 1. The lowest BCUT2D eigenvalue weighted by molar-refractivity contribution is 0.0604. The molecule has 120 valence electrons. The quantitative estimate of drug-likeness (QED) is 0.885. The molecule has 1 N–H and O–H groups in total. The largest absolute Gasteiger partial charge is 0.472 e. The van der Waals surface area contributed by atoms with E-state index in [1.807, 2.05) is 6.07 Å². The van der Waals surface area contributed by atoms with E-state index in [1.165, 1.54) is 0 Å². The summed E-state index contributed by atoms with van der Waals surface area (Å²) in [5.41, 5.74) is 2.18. The summed E-state index contributed by atoms with van der Waals surface area (Å²) in [5, 5.41) is 12.6. The van der Waals surface area contributed by atoms with Crippen LogP contribution in [0.25, 0.3) is 10.6 Å². The third kappa shape index (κ3) is 3.57. The van der Waals surface area contributed by atoms with E-state index in [0.29, 0.717) is 6.04 Å². The van der Waals surface area contributed by atoms with Crippen LogP contribution in [-0.4, -0.2) is 58.7 Å². The Balaban J connectivity index is 1.53. The second kappa shape index (κ2) is 7.37. The molecule has 0 spiro atoms. The van der Waals surface area contributed by atoms with Crippen molar-refractivity contribution in [3.05, 3.63) is 29.7 Å². The van der Waals surface area contributed by atoms with Crippen LogP contribution in [0, 0.1) is 0 Å². The molecule has 0 amide bonds. The highest BCUT2D eigenvalue weighted by atomic mass is 32.1. The number of thiazole rings is 1. The van der Waals surface area contributed by atoms with E-state index in [-0.39, 0.29) is 6.61 Å². The van der Waals surface area contributed by atoms with Crippen LogP contribution in [-0.2, 0) is 6.54 Å². The third-order valence-corrected chi connectivity index (χ3v) is 5.25. The van der Waals surface area contributed by atoms with Crippen molar-refractivity contribution in [2.45, 2.75) is 25.9 Å². The summed E-state index contributed by atoms with van der Waals surface area (Å²) in [6.45, 7) is 7.43. The van der Waals surface area contributed by atoms with Gasteiger partial charge >= 0.3 is 0 Å². The number of furan rings is 1. The highest BCUT2D eigenvalue weighted by Gasteiger charge is 2.22. The van der Waals surface area contributed by atoms with Crippen molar-refractivity contribution >= 4 is 11.3 Å². The first kappa shape index (κ1) is 15.7. The van der Waals surface area contributed by atoms with Gasteiger partial charge in [-0.1, -0.05) is 6.92 Å². The summed E-state index contributed by atoms with van der Waals surface area (Å²) in [6, 6.07) is 2.26. The monoisotopic (exact) mass is 321 g/mol. The van der Waals surface area contributed by atoms with E-state index in [9.17, 15) is 5.11 Å². The molecule has 1 saturated heterocycles. The molecule has 2 aromatic rings. The van der Waals surface area contributed by atoms with E-state index in [0.717, 1.165) is 55.4 Å². The molecule has 0 radical (unpaired) electrons. The Bertz CT molecular complexity index is 558. The molecule has 0 saturated carbocycles. The number of nitrogens with zero attached hydrogens (tertiary/aromatic N) is 3. The SMILES string of the molecule is CCC(CO)N1CCN(Cc2csc(-c3ccoc3)n2)CC1. The maximum atomic E-state index is 9.40. The molecule has 1 unspecified atom stereocenters. The van der Waals surface area contributed by atoms with E-state index in [1.54, 1.807) is 23.9 Å². The lowest BCUT2D eigenvalue weighted by atomic mass is 10.1. The number of aliphatic hydroxyl groups excluding tert-OH is 1. The minimum atomic E-state index is 0.261. The van der Waals surface area contributed by atoms with Gasteiger partial charge in [-0.25, -0.2) is 4.98 Å². The summed E-state index contributed by atoms with van der Waals surface area (Å²) in [5.74, 6) is 0. The Labute approximate surface area is 135 Å². The van der Waals surface area contributed by atoms with Crippen LogP contribution >= 0.6 is 11.3 Å². The van der Waals surface area contributed by atoms with Crippen LogP contribution < -0.4 is 0 Å². The maximum Gasteiger partial charge on any atom is 0.126 e. The first-order valence-corrected chi connectivity index (χ1v) is 8.72. The topological polar surface area (TPSA) is 52.7 Å². The van der Waals surface area contributed by atoms with Crippen LogP contribution in [0.5, 0.6) is 0 Å². The fraction of sp³-hybridized carbons (Fsp3) is 0.562. The highest BCUT2D eigenvalue weighted by molar-refractivity contribution is 7.13. The van der Waals surface area contributed by atoms with Gasteiger partial charge in [0, 0.05) is 49.7 Å². The van der Waals surface area contributed by atoms with E-state index < -0.39 is 0 Å². The van der Waals surface area contributed by atoms with Crippen molar-refractivity contribution in [1.29, 1.82) is 0 Å². The van der Waals surface area contributed by atoms with Gasteiger partial charge in [0.15, 0.2) is 0 Å². The molecule has 1 atom stereocenters. The molecule has 1 aliphatic heterocycles. The predicted molar refractivity (Wildman–Crippen MR) is 87.8 cm³/mol. The minimum Gasteiger partial charge on any atom is -0.472 e. The van der Waals surface area contributed by atoms with E-state index >= 15 is 0 Å². The molecule has 3 rings (SSSR count). The van der Waals surface area contributed by atoms with Crippen LogP contribution in [0.2, 0.25) is 0 Å². The van der Waals surface area contributed by atoms with Gasteiger partial charge in [-0.15, -0.1) is 11.3 Å². The summed E-state index contributed by atoms with van der Waals surface area (Å²) >= 11 is 1.67. The Morgan fingerprint density at radius 3 is 2.82 bits per heavy atom. The van der Waals surface area contributed by atoms with Gasteiger partial charge in [0.1, 0.15) is 11.3 Å². The molecule has 0 bridgehead atoms. The lowest BCUT2D eigenvalue weighted by Crippen LogP contribution is -2.50. The zero-order valence-electron chi connectivity index (χ0n) is 12.9. The number of piperazine rings is 1. The molecule has 22 heavy (non-hydrogen) atoms. The van der Waals surface area contributed by atoms with Gasteiger partial charge in [0.05, 0.1) is 18.6 Å². The van der Waals surface area contributed by atoms with E-state index in [4.69, 9.17) is 9.40 Å². The van der Waals surface area contributed by atoms with Crippen molar-refractivity contribution in [2.24, 2.45) is 0 Å². The van der Waals surface area contributed by atoms with Crippen molar-refractivity contribution < 1.29 is 9.52 Å². The fourth-order valence-corrected chi connectivity index (χ4v) is 3.71. The van der Waals surface area contributed by atoms with Crippen LogP contribution in [0.15, 0.2) is 28.4 Å². The standard InChI is InChI=1S/C16H23N3O2S/c1-2-15(10-20)19-6-4-18(5-7-19)9-14-12-22-16(17-14)13-3-8-21-11-13/h3,8,11-12,15,20H,2,4-7,9-10H2,1H3. The molecule has 1 aliphatic rings. The second-order valence-corrected chi connectivity index (χ2v) is 6.57. The molecule has 6 heteroatoms. The van der Waals surface area contributed by atoms with Gasteiger partial charge in [-0.05, 0) is 12.5 Å². The molecule has 5 nitrogen and oxygen atoms in total. The summed E-state index contributed by atoms with van der Waals surface area (Å²) < 4.78 is 5.11. The zero-order valence-corrected chi connectivity index (χ0v) is 13.8. The maximum absolute atomic E-state index is 9.40. The van der Waals surface area contributed by atoms with Crippen LogP contribution in [0.3, 0.4) is 0 Å². The Morgan fingerprint density at radius 1 is 1.36 bits per heavy atom. The number of hydrogen-bond donors (Lipinski definition) is 1. The minimum absolute atomic E-state index is 0.261. The van der Waals surface area contributed by atoms with Crippen LogP contribution in [0.1, 0.15) is 19.0 Å². The molecular formula is C16H23N3O2S. The molecular weight excluding hydrogens is 298 g/mol. The Hall–Kier alpha value is -1.21. The fourth-order valence-electron chi connectivity index (χ4n) is 2.92. The smallest absolute Gasteiger partial charge is 0.126 e. The normalized spacial score (nSPS) is 18.6. The van der Waals surface area contributed by atoms with Gasteiger partial charge in [-0.3, -0.25) is 9.80 Å². The lowest BCUT2D eigenvalue weighted by Gasteiger charge is -2.38. The van der Waals surface area contributed by atoms with E-state index in [2.05, 4.69) is 22.1 Å².